The van der Waals surface area contributed by atoms with Crippen LogP contribution in [0.4, 0.5) is 11.4 Å². The molecule has 20 heavy (non-hydrogen) atoms. The number of hydrogen-bond donors (Lipinski definition) is 1. The summed E-state index contributed by atoms with van der Waals surface area (Å²) in [4.78, 5) is 7.06. The SMILES string of the molecule is Cc1cc(N(C)C2CCCCC2)c2cc(N)ccc2n1. The Morgan fingerprint density at radius 1 is 1.15 bits per heavy atom. The van der Waals surface area contributed by atoms with E-state index in [-0.39, 0.29) is 0 Å². The van der Waals surface area contributed by atoms with Crippen molar-refractivity contribution in [3.63, 3.8) is 0 Å². The van der Waals surface area contributed by atoms with Crippen molar-refractivity contribution in [1.82, 2.24) is 4.98 Å². The molecule has 3 heteroatoms. The van der Waals surface area contributed by atoms with Gasteiger partial charge < -0.3 is 10.6 Å². The molecule has 3 rings (SSSR count). The molecule has 0 radical (unpaired) electrons. The van der Waals surface area contributed by atoms with Gasteiger partial charge in [-0.15, -0.1) is 0 Å². The Bertz CT molecular complexity index is 615. The molecule has 3 nitrogen and oxygen atoms in total. The topological polar surface area (TPSA) is 42.1 Å². The van der Waals surface area contributed by atoms with Gasteiger partial charge >= 0.3 is 0 Å². The number of aryl methyl sites for hydroxylation is 1. The third-order valence-electron chi connectivity index (χ3n) is 4.44. The minimum Gasteiger partial charge on any atom is -0.399 e. The molecule has 0 amide bonds. The van der Waals surface area contributed by atoms with Crippen LogP contribution < -0.4 is 10.6 Å². The van der Waals surface area contributed by atoms with Crippen molar-refractivity contribution in [1.29, 1.82) is 0 Å². The van der Waals surface area contributed by atoms with E-state index in [0.29, 0.717) is 6.04 Å². The van der Waals surface area contributed by atoms with Gasteiger partial charge in [0, 0.05) is 35.5 Å². The van der Waals surface area contributed by atoms with Crippen LogP contribution in [0.5, 0.6) is 0 Å². The van der Waals surface area contributed by atoms with Crippen LogP contribution in [0.25, 0.3) is 10.9 Å². The van der Waals surface area contributed by atoms with Crippen molar-refractivity contribution >= 4 is 22.3 Å². The molecule has 1 aromatic heterocycles. The number of pyridine rings is 1. The molecule has 1 saturated carbocycles. The number of rotatable bonds is 2. The summed E-state index contributed by atoms with van der Waals surface area (Å²) in [6.07, 6.45) is 6.66. The highest BCUT2D eigenvalue weighted by molar-refractivity contribution is 5.94. The van der Waals surface area contributed by atoms with E-state index in [0.717, 1.165) is 16.9 Å². The third kappa shape index (κ3) is 2.45. The minimum atomic E-state index is 0.648. The zero-order chi connectivity index (χ0) is 14.1. The van der Waals surface area contributed by atoms with Gasteiger partial charge in [0.1, 0.15) is 0 Å². The van der Waals surface area contributed by atoms with Crippen LogP contribution in [0.2, 0.25) is 0 Å². The molecule has 2 N–H and O–H groups in total. The van der Waals surface area contributed by atoms with Gasteiger partial charge in [-0.1, -0.05) is 19.3 Å². The molecule has 106 valence electrons. The first kappa shape index (κ1) is 13.2. The average Bonchev–Trinajstić information content (AvgIpc) is 2.47. The highest BCUT2D eigenvalue weighted by atomic mass is 15.1. The molecule has 1 fully saturated rings. The molecule has 1 aliphatic rings. The van der Waals surface area contributed by atoms with Crippen molar-refractivity contribution in [2.24, 2.45) is 0 Å². The van der Waals surface area contributed by atoms with Gasteiger partial charge in [0.2, 0.25) is 0 Å². The predicted octanol–water partition coefficient (Wildman–Crippen LogP) is 3.89. The third-order valence-corrected chi connectivity index (χ3v) is 4.44. The van der Waals surface area contributed by atoms with Crippen LogP contribution in [0.1, 0.15) is 37.8 Å². The summed E-state index contributed by atoms with van der Waals surface area (Å²) in [6.45, 7) is 2.06. The predicted molar refractivity (Wildman–Crippen MR) is 86.2 cm³/mol. The summed E-state index contributed by atoms with van der Waals surface area (Å²) in [6, 6.07) is 8.84. The van der Waals surface area contributed by atoms with Gasteiger partial charge in [0.25, 0.3) is 0 Å². The van der Waals surface area contributed by atoms with Crippen molar-refractivity contribution in [3.05, 3.63) is 30.0 Å². The molecule has 1 aliphatic carbocycles. The Balaban J connectivity index is 2.06. The molecule has 0 saturated heterocycles. The molecule has 0 spiro atoms. The van der Waals surface area contributed by atoms with E-state index in [9.17, 15) is 0 Å². The van der Waals surface area contributed by atoms with Crippen molar-refractivity contribution in [2.45, 2.75) is 45.1 Å². The molecule has 1 aromatic carbocycles. The maximum absolute atomic E-state index is 5.96. The summed E-state index contributed by atoms with van der Waals surface area (Å²) >= 11 is 0. The highest BCUT2D eigenvalue weighted by Gasteiger charge is 2.20. The molecule has 0 bridgehead atoms. The summed E-state index contributed by atoms with van der Waals surface area (Å²) in [5, 5.41) is 1.17. The van der Waals surface area contributed by atoms with Crippen molar-refractivity contribution in [2.75, 3.05) is 17.7 Å². The van der Waals surface area contributed by atoms with Crippen LogP contribution in [0.3, 0.4) is 0 Å². The molecular weight excluding hydrogens is 246 g/mol. The van der Waals surface area contributed by atoms with Crippen LogP contribution in [0.15, 0.2) is 24.3 Å². The normalized spacial score (nSPS) is 16.5. The van der Waals surface area contributed by atoms with E-state index >= 15 is 0 Å². The van der Waals surface area contributed by atoms with Gasteiger partial charge in [-0.2, -0.15) is 0 Å². The number of nitrogen functional groups attached to an aromatic ring is 1. The number of hydrogen-bond acceptors (Lipinski definition) is 3. The molecular formula is C17H23N3. The maximum Gasteiger partial charge on any atom is 0.0727 e. The lowest BCUT2D eigenvalue weighted by Crippen LogP contribution is -2.33. The minimum absolute atomic E-state index is 0.648. The lowest BCUT2D eigenvalue weighted by atomic mass is 9.94. The zero-order valence-corrected chi connectivity index (χ0v) is 12.4. The van der Waals surface area contributed by atoms with E-state index in [1.54, 1.807) is 0 Å². The number of anilines is 2. The number of aromatic nitrogens is 1. The van der Waals surface area contributed by atoms with Crippen LogP contribution in [0, 0.1) is 6.92 Å². The molecule has 0 aliphatic heterocycles. The van der Waals surface area contributed by atoms with Crippen LogP contribution in [-0.2, 0) is 0 Å². The van der Waals surface area contributed by atoms with Gasteiger partial charge in [-0.05, 0) is 44.0 Å². The van der Waals surface area contributed by atoms with Crippen molar-refractivity contribution in [3.8, 4) is 0 Å². The number of fused-ring (bicyclic) bond motifs is 1. The molecule has 1 heterocycles. The largest absolute Gasteiger partial charge is 0.399 e. The van der Waals surface area contributed by atoms with Gasteiger partial charge in [-0.25, -0.2) is 0 Å². The summed E-state index contributed by atoms with van der Waals surface area (Å²) in [5.41, 5.74) is 10.1. The fourth-order valence-electron chi connectivity index (χ4n) is 3.31. The Labute approximate surface area is 120 Å². The highest BCUT2D eigenvalue weighted by Crippen LogP contribution is 2.32. The second kappa shape index (κ2) is 5.31. The van der Waals surface area contributed by atoms with E-state index in [1.807, 2.05) is 12.1 Å². The maximum atomic E-state index is 5.96. The standard InChI is InChI=1S/C17H23N3/c1-12-10-17(20(2)14-6-4-3-5-7-14)15-11-13(18)8-9-16(15)19-12/h8-11,14H,3-7,18H2,1-2H3. The van der Waals surface area contributed by atoms with E-state index in [1.165, 1.54) is 43.2 Å². The second-order valence-corrected chi connectivity index (χ2v) is 5.96. The molecule has 0 unspecified atom stereocenters. The Hall–Kier alpha value is -1.77. The first-order chi connectivity index (χ1) is 9.65. The summed E-state index contributed by atoms with van der Waals surface area (Å²) in [7, 11) is 2.22. The van der Waals surface area contributed by atoms with Crippen LogP contribution >= 0.6 is 0 Å². The average molecular weight is 269 g/mol. The second-order valence-electron chi connectivity index (χ2n) is 5.96. The van der Waals surface area contributed by atoms with Gasteiger partial charge in [0.05, 0.1) is 5.52 Å². The summed E-state index contributed by atoms with van der Waals surface area (Å²) in [5.74, 6) is 0. The first-order valence-electron chi connectivity index (χ1n) is 7.55. The molecule has 2 aromatic rings. The van der Waals surface area contributed by atoms with E-state index < -0.39 is 0 Å². The van der Waals surface area contributed by atoms with Gasteiger partial charge in [-0.3, -0.25) is 4.98 Å². The Kier molecular flexibility index (Phi) is 3.51. The Morgan fingerprint density at radius 2 is 1.90 bits per heavy atom. The molecule has 0 atom stereocenters. The van der Waals surface area contributed by atoms with Crippen LogP contribution in [-0.4, -0.2) is 18.1 Å². The van der Waals surface area contributed by atoms with Crippen molar-refractivity contribution < 1.29 is 0 Å². The Morgan fingerprint density at radius 3 is 2.65 bits per heavy atom. The number of nitrogens with two attached hydrogens (primary N) is 1. The lowest BCUT2D eigenvalue weighted by molar-refractivity contribution is 0.428. The van der Waals surface area contributed by atoms with E-state index in [2.05, 4.69) is 36.0 Å². The lowest BCUT2D eigenvalue weighted by Gasteiger charge is -2.33. The summed E-state index contributed by atoms with van der Waals surface area (Å²) < 4.78 is 0. The number of nitrogens with zero attached hydrogens (tertiary/aromatic N) is 2. The number of benzene rings is 1. The van der Waals surface area contributed by atoms with E-state index in [4.69, 9.17) is 5.73 Å². The first-order valence-corrected chi connectivity index (χ1v) is 7.55. The monoisotopic (exact) mass is 269 g/mol. The fourth-order valence-corrected chi connectivity index (χ4v) is 3.31. The quantitative estimate of drug-likeness (QED) is 0.841. The fraction of sp³-hybridized carbons (Fsp3) is 0.471. The zero-order valence-electron chi connectivity index (χ0n) is 12.4. The smallest absolute Gasteiger partial charge is 0.0727 e. The van der Waals surface area contributed by atoms with Gasteiger partial charge in [0.15, 0.2) is 0 Å².